The van der Waals surface area contributed by atoms with Gasteiger partial charge in [-0.25, -0.2) is 0 Å². The van der Waals surface area contributed by atoms with E-state index in [1.54, 1.807) is 19.1 Å². The highest BCUT2D eigenvalue weighted by molar-refractivity contribution is 5.94. The molecule has 0 saturated carbocycles. The van der Waals surface area contributed by atoms with Crippen molar-refractivity contribution in [3.8, 4) is 0 Å². The van der Waals surface area contributed by atoms with Gasteiger partial charge in [-0.05, 0) is 31.2 Å². The number of Topliss-reactive ketones (excluding diaryl/α,β-unsaturated/α-hetero) is 1. The highest BCUT2D eigenvalue weighted by Gasteiger charge is 1.98. The predicted molar refractivity (Wildman–Crippen MR) is 63.6 cm³/mol. The number of ketones is 1. The molecule has 0 unspecified atom stereocenters. The number of carbonyl (C=O) groups is 2. The lowest BCUT2D eigenvalue weighted by atomic mass is 10.1. The van der Waals surface area contributed by atoms with Crippen LogP contribution in [0.25, 0.3) is 0 Å². The van der Waals surface area contributed by atoms with Crippen LogP contribution in [0.5, 0.6) is 0 Å². The van der Waals surface area contributed by atoms with Crippen LogP contribution in [0.3, 0.4) is 0 Å². The maximum absolute atomic E-state index is 11.0. The highest BCUT2D eigenvalue weighted by atomic mass is 16.1. The molecule has 2 N–H and O–H groups in total. The fraction of sp³-hybridized carbons (Fsp3) is 0.333. The molecule has 0 heterocycles. The average Bonchev–Trinajstić information content (AvgIpc) is 2.25. The van der Waals surface area contributed by atoms with Crippen LogP contribution in [0.2, 0.25) is 0 Å². The summed E-state index contributed by atoms with van der Waals surface area (Å²) in [4.78, 5) is 21.6. The SMILES string of the molecule is CC(=O)NCCNc1ccc(C(C)=O)cc1. The van der Waals surface area contributed by atoms with Gasteiger partial charge in [-0.2, -0.15) is 0 Å². The number of hydrogen-bond acceptors (Lipinski definition) is 3. The predicted octanol–water partition coefficient (Wildman–Crippen LogP) is 1.44. The minimum atomic E-state index is -0.0336. The number of hydrogen-bond donors (Lipinski definition) is 2. The number of anilines is 1. The van der Waals surface area contributed by atoms with Gasteiger partial charge in [0.1, 0.15) is 0 Å². The van der Waals surface area contributed by atoms with Gasteiger partial charge in [-0.3, -0.25) is 9.59 Å². The second-order valence-electron chi connectivity index (χ2n) is 3.54. The van der Waals surface area contributed by atoms with Crippen LogP contribution in [-0.2, 0) is 4.79 Å². The molecular weight excluding hydrogens is 204 g/mol. The topological polar surface area (TPSA) is 58.2 Å². The van der Waals surface area contributed by atoms with Crippen LogP contribution in [0.15, 0.2) is 24.3 Å². The van der Waals surface area contributed by atoms with Crippen LogP contribution in [0.4, 0.5) is 5.69 Å². The van der Waals surface area contributed by atoms with E-state index < -0.39 is 0 Å². The zero-order chi connectivity index (χ0) is 12.0. The van der Waals surface area contributed by atoms with E-state index in [1.165, 1.54) is 6.92 Å². The summed E-state index contributed by atoms with van der Waals surface area (Å²) in [6, 6.07) is 7.27. The molecule has 0 aliphatic heterocycles. The van der Waals surface area contributed by atoms with Crippen molar-refractivity contribution in [2.45, 2.75) is 13.8 Å². The second kappa shape index (κ2) is 5.90. The third kappa shape index (κ3) is 4.13. The molecule has 1 rings (SSSR count). The molecule has 1 aromatic carbocycles. The molecule has 1 aromatic rings. The summed E-state index contributed by atoms with van der Waals surface area (Å²) in [7, 11) is 0. The molecule has 0 aliphatic carbocycles. The van der Waals surface area contributed by atoms with Gasteiger partial charge >= 0.3 is 0 Å². The molecule has 0 aromatic heterocycles. The molecule has 86 valence electrons. The lowest BCUT2D eigenvalue weighted by Crippen LogP contribution is -2.26. The molecule has 4 heteroatoms. The van der Waals surface area contributed by atoms with Crippen LogP contribution in [0.1, 0.15) is 24.2 Å². The smallest absolute Gasteiger partial charge is 0.216 e. The van der Waals surface area contributed by atoms with Crippen LogP contribution in [0, 0.1) is 0 Å². The normalized spacial score (nSPS) is 9.62. The Morgan fingerprint density at radius 3 is 2.19 bits per heavy atom. The lowest BCUT2D eigenvalue weighted by Gasteiger charge is -2.07. The number of amides is 1. The number of rotatable bonds is 5. The monoisotopic (exact) mass is 220 g/mol. The fourth-order valence-electron chi connectivity index (χ4n) is 1.27. The largest absolute Gasteiger partial charge is 0.383 e. The van der Waals surface area contributed by atoms with E-state index in [-0.39, 0.29) is 11.7 Å². The molecular formula is C12H16N2O2. The van der Waals surface area contributed by atoms with Crippen molar-refractivity contribution in [1.82, 2.24) is 5.32 Å². The molecule has 0 bridgehead atoms. The Kier molecular flexibility index (Phi) is 4.51. The number of benzene rings is 1. The average molecular weight is 220 g/mol. The zero-order valence-electron chi connectivity index (χ0n) is 9.54. The first-order chi connectivity index (χ1) is 7.59. The van der Waals surface area contributed by atoms with E-state index >= 15 is 0 Å². The number of nitrogens with one attached hydrogen (secondary N) is 2. The van der Waals surface area contributed by atoms with Crippen molar-refractivity contribution < 1.29 is 9.59 Å². The minimum absolute atomic E-state index is 0.0336. The van der Waals surface area contributed by atoms with Crippen molar-refractivity contribution in [2.24, 2.45) is 0 Å². The van der Waals surface area contributed by atoms with E-state index in [1.807, 2.05) is 12.1 Å². The van der Waals surface area contributed by atoms with Crippen molar-refractivity contribution in [3.05, 3.63) is 29.8 Å². The van der Waals surface area contributed by atoms with Crippen LogP contribution in [-0.4, -0.2) is 24.8 Å². The summed E-state index contributed by atoms with van der Waals surface area (Å²) in [6.45, 7) is 4.28. The molecule has 4 nitrogen and oxygen atoms in total. The van der Waals surface area contributed by atoms with Crippen molar-refractivity contribution in [2.75, 3.05) is 18.4 Å². The fourth-order valence-corrected chi connectivity index (χ4v) is 1.27. The van der Waals surface area contributed by atoms with Gasteiger partial charge in [-0.1, -0.05) is 0 Å². The molecule has 0 aliphatic rings. The van der Waals surface area contributed by atoms with E-state index in [9.17, 15) is 9.59 Å². The Morgan fingerprint density at radius 1 is 1.06 bits per heavy atom. The Labute approximate surface area is 95.0 Å². The first-order valence-electron chi connectivity index (χ1n) is 5.19. The molecule has 0 fully saturated rings. The van der Waals surface area contributed by atoms with E-state index in [2.05, 4.69) is 10.6 Å². The van der Waals surface area contributed by atoms with Crippen molar-refractivity contribution in [3.63, 3.8) is 0 Å². The molecule has 0 radical (unpaired) electrons. The Morgan fingerprint density at radius 2 is 1.69 bits per heavy atom. The molecule has 0 saturated heterocycles. The first kappa shape index (κ1) is 12.2. The van der Waals surface area contributed by atoms with Gasteiger partial charge in [-0.15, -0.1) is 0 Å². The summed E-state index contributed by atoms with van der Waals surface area (Å²) < 4.78 is 0. The summed E-state index contributed by atoms with van der Waals surface area (Å²) in [6.07, 6.45) is 0. The van der Waals surface area contributed by atoms with Gasteiger partial charge < -0.3 is 10.6 Å². The highest BCUT2D eigenvalue weighted by Crippen LogP contribution is 2.09. The quantitative estimate of drug-likeness (QED) is 0.583. The second-order valence-corrected chi connectivity index (χ2v) is 3.54. The third-order valence-corrected chi connectivity index (χ3v) is 2.12. The van der Waals surface area contributed by atoms with Gasteiger partial charge in [0.05, 0.1) is 0 Å². The van der Waals surface area contributed by atoms with Gasteiger partial charge in [0.25, 0.3) is 0 Å². The third-order valence-electron chi connectivity index (χ3n) is 2.12. The summed E-state index contributed by atoms with van der Waals surface area (Å²) >= 11 is 0. The van der Waals surface area contributed by atoms with E-state index in [0.29, 0.717) is 18.7 Å². The summed E-state index contributed by atoms with van der Waals surface area (Å²) in [5.41, 5.74) is 1.64. The number of carbonyl (C=O) groups excluding carboxylic acids is 2. The van der Waals surface area contributed by atoms with Gasteiger partial charge in [0.15, 0.2) is 5.78 Å². The minimum Gasteiger partial charge on any atom is -0.383 e. The lowest BCUT2D eigenvalue weighted by molar-refractivity contribution is -0.118. The Hall–Kier alpha value is -1.84. The first-order valence-corrected chi connectivity index (χ1v) is 5.19. The van der Waals surface area contributed by atoms with Gasteiger partial charge in [0, 0.05) is 31.3 Å². The van der Waals surface area contributed by atoms with Gasteiger partial charge in [0.2, 0.25) is 5.91 Å². The van der Waals surface area contributed by atoms with Crippen LogP contribution < -0.4 is 10.6 Å². The van der Waals surface area contributed by atoms with Crippen molar-refractivity contribution in [1.29, 1.82) is 0 Å². The molecule has 0 spiro atoms. The summed E-state index contributed by atoms with van der Waals surface area (Å²) in [5.74, 6) is 0.0264. The maximum Gasteiger partial charge on any atom is 0.216 e. The van der Waals surface area contributed by atoms with E-state index in [4.69, 9.17) is 0 Å². The Bertz CT molecular complexity index is 371. The molecule has 1 amide bonds. The standard InChI is InChI=1S/C12H16N2O2/c1-9(15)11-3-5-12(6-4-11)14-8-7-13-10(2)16/h3-6,14H,7-8H2,1-2H3,(H,13,16). The van der Waals surface area contributed by atoms with E-state index in [0.717, 1.165) is 5.69 Å². The van der Waals surface area contributed by atoms with Crippen molar-refractivity contribution >= 4 is 17.4 Å². The molecule has 0 atom stereocenters. The maximum atomic E-state index is 11.0. The summed E-state index contributed by atoms with van der Waals surface area (Å²) in [5, 5.41) is 5.83. The Balaban J connectivity index is 2.38. The molecule has 16 heavy (non-hydrogen) atoms. The van der Waals surface area contributed by atoms with Crippen LogP contribution >= 0.6 is 0 Å². The zero-order valence-corrected chi connectivity index (χ0v) is 9.54.